The first kappa shape index (κ1) is 11.6. The summed E-state index contributed by atoms with van der Waals surface area (Å²) in [5, 5.41) is 3.50. The summed E-state index contributed by atoms with van der Waals surface area (Å²) in [7, 11) is 1.43. The van der Waals surface area contributed by atoms with Gasteiger partial charge < -0.3 is 14.8 Å². The molecule has 0 amide bonds. The maximum absolute atomic E-state index is 14.0. The summed E-state index contributed by atoms with van der Waals surface area (Å²) < 4.78 is 24.4. The lowest BCUT2D eigenvalue weighted by Gasteiger charge is -2.25. The Morgan fingerprint density at radius 3 is 3.00 bits per heavy atom. The molecule has 1 aliphatic heterocycles. The van der Waals surface area contributed by atoms with Crippen molar-refractivity contribution in [2.45, 2.75) is 6.10 Å². The molecule has 1 atom stereocenters. The third-order valence-electron chi connectivity index (χ3n) is 2.56. The van der Waals surface area contributed by atoms with Gasteiger partial charge in [0.05, 0.1) is 19.8 Å². The molecule has 88 valence electrons. The molecular formula is C11H13ClFNO2. The van der Waals surface area contributed by atoms with Crippen LogP contribution < -0.4 is 10.1 Å². The van der Waals surface area contributed by atoms with Gasteiger partial charge in [-0.15, -0.1) is 0 Å². The Labute approximate surface area is 98.5 Å². The van der Waals surface area contributed by atoms with Gasteiger partial charge in [0.25, 0.3) is 0 Å². The summed E-state index contributed by atoms with van der Waals surface area (Å²) in [4.78, 5) is 0. The first-order valence-corrected chi connectivity index (χ1v) is 5.46. The van der Waals surface area contributed by atoms with Crippen molar-refractivity contribution in [1.82, 2.24) is 5.32 Å². The first-order valence-electron chi connectivity index (χ1n) is 5.08. The number of nitrogens with one attached hydrogen (secondary N) is 1. The van der Waals surface area contributed by atoms with E-state index in [4.69, 9.17) is 21.1 Å². The predicted octanol–water partition coefficient (Wildman–Crippen LogP) is 2.15. The van der Waals surface area contributed by atoms with Gasteiger partial charge in [-0.1, -0.05) is 11.6 Å². The van der Waals surface area contributed by atoms with E-state index >= 15 is 0 Å². The van der Waals surface area contributed by atoms with Crippen LogP contribution in [0.25, 0.3) is 0 Å². The van der Waals surface area contributed by atoms with Gasteiger partial charge in [0.1, 0.15) is 0 Å². The van der Waals surface area contributed by atoms with Crippen LogP contribution in [0.1, 0.15) is 11.7 Å². The Bertz CT molecular complexity index is 380. The van der Waals surface area contributed by atoms with Crippen LogP contribution in [0.5, 0.6) is 5.75 Å². The highest BCUT2D eigenvalue weighted by Crippen LogP contribution is 2.33. The Hall–Kier alpha value is -0.840. The molecule has 0 radical (unpaired) electrons. The number of benzene rings is 1. The Kier molecular flexibility index (Phi) is 3.63. The van der Waals surface area contributed by atoms with Gasteiger partial charge in [0.15, 0.2) is 11.6 Å². The van der Waals surface area contributed by atoms with Gasteiger partial charge in [0.2, 0.25) is 0 Å². The quantitative estimate of drug-likeness (QED) is 0.866. The molecule has 1 aromatic rings. The van der Waals surface area contributed by atoms with E-state index in [1.807, 2.05) is 0 Å². The van der Waals surface area contributed by atoms with E-state index in [2.05, 4.69) is 5.32 Å². The van der Waals surface area contributed by atoms with E-state index in [1.165, 1.54) is 13.2 Å². The van der Waals surface area contributed by atoms with Crippen molar-refractivity contribution in [3.05, 3.63) is 28.5 Å². The van der Waals surface area contributed by atoms with Crippen molar-refractivity contribution in [3.8, 4) is 5.75 Å². The molecular weight excluding hydrogens is 233 g/mol. The molecule has 0 aromatic heterocycles. The van der Waals surface area contributed by atoms with E-state index < -0.39 is 5.82 Å². The van der Waals surface area contributed by atoms with Crippen LogP contribution in [0, 0.1) is 5.82 Å². The topological polar surface area (TPSA) is 30.5 Å². The van der Waals surface area contributed by atoms with Gasteiger partial charge >= 0.3 is 0 Å². The van der Waals surface area contributed by atoms with Gasteiger partial charge in [-0.05, 0) is 12.1 Å². The van der Waals surface area contributed by atoms with Gasteiger partial charge in [0, 0.05) is 23.7 Å². The van der Waals surface area contributed by atoms with Gasteiger partial charge in [-0.2, -0.15) is 0 Å². The number of rotatable bonds is 2. The van der Waals surface area contributed by atoms with Crippen molar-refractivity contribution in [3.63, 3.8) is 0 Å². The van der Waals surface area contributed by atoms with E-state index in [1.54, 1.807) is 6.07 Å². The Morgan fingerprint density at radius 1 is 1.56 bits per heavy atom. The van der Waals surface area contributed by atoms with Crippen molar-refractivity contribution >= 4 is 11.6 Å². The summed E-state index contributed by atoms with van der Waals surface area (Å²) in [6, 6.07) is 3.13. The molecule has 0 spiro atoms. The zero-order valence-electron chi connectivity index (χ0n) is 8.93. The fourth-order valence-electron chi connectivity index (χ4n) is 1.75. The molecule has 3 nitrogen and oxygen atoms in total. The Balaban J connectivity index is 2.37. The van der Waals surface area contributed by atoms with Crippen LogP contribution in [0.2, 0.25) is 5.02 Å². The number of hydrogen-bond donors (Lipinski definition) is 1. The Morgan fingerprint density at radius 2 is 2.38 bits per heavy atom. The molecule has 2 rings (SSSR count). The zero-order chi connectivity index (χ0) is 11.5. The van der Waals surface area contributed by atoms with E-state index in [9.17, 15) is 4.39 Å². The number of hydrogen-bond acceptors (Lipinski definition) is 3. The molecule has 16 heavy (non-hydrogen) atoms. The second kappa shape index (κ2) is 4.99. The average molecular weight is 246 g/mol. The number of halogens is 2. The maximum Gasteiger partial charge on any atom is 0.172 e. The lowest BCUT2D eigenvalue weighted by Crippen LogP contribution is -2.34. The minimum absolute atomic E-state index is 0.188. The third kappa shape index (κ3) is 2.14. The van der Waals surface area contributed by atoms with Crippen LogP contribution in [-0.2, 0) is 4.74 Å². The van der Waals surface area contributed by atoms with E-state index in [-0.39, 0.29) is 11.9 Å². The molecule has 0 bridgehead atoms. The number of methoxy groups -OCH3 is 1. The molecule has 1 heterocycles. The molecule has 5 heteroatoms. The molecule has 1 N–H and O–H groups in total. The summed E-state index contributed by atoms with van der Waals surface area (Å²) >= 11 is 5.99. The summed E-state index contributed by atoms with van der Waals surface area (Å²) in [6.07, 6.45) is -0.351. The van der Waals surface area contributed by atoms with E-state index in [0.29, 0.717) is 23.7 Å². The zero-order valence-corrected chi connectivity index (χ0v) is 9.68. The third-order valence-corrected chi connectivity index (χ3v) is 2.89. The maximum atomic E-state index is 14.0. The second-order valence-electron chi connectivity index (χ2n) is 3.54. The molecule has 1 aromatic carbocycles. The van der Waals surface area contributed by atoms with Gasteiger partial charge in [-0.3, -0.25) is 0 Å². The molecule has 1 aliphatic rings. The normalized spacial score (nSPS) is 20.8. The summed E-state index contributed by atoms with van der Waals surface area (Å²) in [6.45, 7) is 1.89. The molecule has 1 unspecified atom stereocenters. The number of morpholine rings is 1. The largest absolute Gasteiger partial charge is 0.494 e. The highest BCUT2D eigenvalue weighted by molar-refractivity contribution is 6.31. The molecule has 1 saturated heterocycles. The average Bonchev–Trinajstić information content (AvgIpc) is 2.31. The summed E-state index contributed by atoms with van der Waals surface area (Å²) in [5.74, 6) is -0.253. The molecule has 0 aliphatic carbocycles. The smallest absolute Gasteiger partial charge is 0.172 e. The van der Waals surface area contributed by atoms with Crippen LogP contribution in [0.15, 0.2) is 12.1 Å². The second-order valence-corrected chi connectivity index (χ2v) is 3.95. The SMILES string of the molecule is COc1ccc(Cl)c(C2CNCCO2)c1F. The van der Waals surface area contributed by atoms with Crippen molar-refractivity contribution in [1.29, 1.82) is 0 Å². The minimum Gasteiger partial charge on any atom is -0.494 e. The van der Waals surface area contributed by atoms with Crippen molar-refractivity contribution in [2.24, 2.45) is 0 Å². The van der Waals surface area contributed by atoms with Crippen LogP contribution in [0.4, 0.5) is 4.39 Å². The lowest BCUT2D eigenvalue weighted by molar-refractivity contribution is 0.0253. The molecule has 1 fully saturated rings. The minimum atomic E-state index is -0.441. The van der Waals surface area contributed by atoms with Crippen molar-refractivity contribution in [2.75, 3.05) is 26.8 Å². The first-order chi connectivity index (χ1) is 7.74. The fraction of sp³-hybridized carbons (Fsp3) is 0.455. The summed E-state index contributed by atoms with van der Waals surface area (Å²) in [5.41, 5.74) is 0.369. The molecule has 0 saturated carbocycles. The highest BCUT2D eigenvalue weighted by Gasteiger charge is 2.24. The lowest BCUT2D eigenvalue weighted by atomic mass is 10.1. The standard InChI is InChI=1S/C11H13ClFNO2/c1-15-8-3-2-7(12)10(11(8)13)9-6-14-4-5-16-9/h2-3,9,14H,4-6H2,1H3. The van der Waals surface area contributed by atoms with Gasteiger partial charge in [-0.25, -0.2) is 4.39 Å². The van der Waals surface area contributed by atoms with Crippen LogP contribution in [0.3, 0.4) is 0 Å². The van der Waals surface area contributed by atoms with Crippen LogP contribution >= 0.6 is 11.6 Å². The predicted molar refractivity (Wildman–Crippen MR) is 59.5 cm³/mol. The van der Waals surface area contributed by atoms with Crippen LogP contribution in [-0.4, -0.2) is 26.8 Å². The van der Waals surface area contributed by atoms with Crippen molar-refractivity contribution < 1.29 is 13.9 Å². The number of ether oxygens (including phenoxy) is 2. The highest BCUT2D eigenvalue weighted by atomic mass is 35.5. The fourth-order valence-corrected chi connectivity index (χ4v) is 2.02. The van der Waals surface area contributed by atoms with E-state index in [0.717, 1.165) is 6.54 Å². The monoisotopic (exact) mass is 245 g/mol.